The first-order valence-electron chi connectivity index (χ1n) is 9.33. The largest absolute Gasteiger partial charge is 0.573 e. The number of hydrogen-bond acceptors (Lipinski definition) is 7. The summed E-state index contributed by atoms with van der Waals surface area (Å²) in [5.74, 6) is 0.238. The number of rotatable bonds is 9. The van der Waals surface area contributed by atoms with Gasteiger partial charge in [-0.2, -0.15) is 0 Å². The summed E-state index contributed by atoms with van der Waals surface area (Å²) in [6, 6.07) is 4.83. The Morgan fingerprint density at radius 1 is 1.10 bits per heavy atom. The Morgan fingerprint density at radius 2 is 1.67 bits per heavy atom. The molecule has 2 aromatic rings. The lowest BCUT2D eigenvalue weighted by molar-refractivity contribution is -0.383. The van der Waals surface area contributed by atoms with Crippen LogP contribution in [0.25, 0.3) is 0 Å². The maximum atomic E-state index is 12.3. The summed E-state index contributed by atoms with van der Waals surface area (Å²) in [5.41, 5.74) is 0.0194. The predicted molar refractivity (Wildman–Crippen MR) is 107 cm³/mol. The van der Waals surface area contributed by atoms with Crippen LogP contribution in [-0.2, 0) is 0 Å². The number of alkyl halides is 3. The molecule has 0 aliphatic carbocycles. The highest BCUT2D eigenvalue weighted by atomic mass is 19.4. The van der Waals surface area contributed by atoms with E-state index in [0.29, 0.717) is 18.8 Å². The molecule has 8 nitrogen and oxygen atoms in total. The number of nitrogens with one attached hydrogen (secondary N) is 1. The van der Waals surface area contributed by atoms with Gasteiger partial charge in [0.05, 0.1) is 4.92 Å². The topological polar surface area (TPSA) is 93.4 Å². The maximum absolute atomic E-state index is 12.3. The highest BCUT2D eigenvalue weighted by Gasteiger charge is 2.31. The summed E-state index contributed by atoms with van der Waals surface area (Å²) in [4.78, 5) is 21.2. The van der Waals surface area contributed by atoms with E-state index in [-0.39, 0.29) is 29.2 Å². The van der Waals surface area contributed by atoms with E-state index < -0.39 is 17.0 Å². The van der Waals surface area contributed by atoms with Gasteiger partial charge in [0.25, 0.3) is 0 Å². The van der Waals surface area contributed by atoms with Crippen molar-refractivity contribution in [2.24, 2.45) is 11.8 Å². The second-order valence-corrected chi connectivity index (χ2v) is 7.54. The minimum Gasteiger partial charge on any atom is -0.406 e. The van der Waals surface area contributed by atoms with Crippen LogP contribution in [0.4, 0.5) is 36.2 Å². The van der Waals surface area contributed by atoms with Gasteiger partial charge in [-0.25, -0.2) is 9.97 Å². The molecule has 164 valence electrons. The molecule has 0 saturated carbocycles. The Balaban J connectivity index is 2.36. The van der Waals surface area contributed by atoms with Crippen molar-refractivity contribution in [3.63, 3.8) is 0 Å². The van der Waals surface area contributed by atoms with Crippen LogP contribution in [0.2, 0.25) is 0 Å². The molecule has 2 rings (SSSR count). The first-order valence-corrected chi connectivity index (χ1v) is 9.33. The van der Waals surface area contributed by atoms with Gasteiger partial charge < -0.3 is 15.0 Å². The summed E-state index contributed by atoms with van der Waals surface area (Å²) < 4.78 is 40.7. The molecular weight excluding hydrogens is 403 g/mol. The zero-order valence-electron chi connectivity index (χ0n) is 17.1. The van der Waals surface area contributed by atoms with Crippen molar-refractivity contribution in [3.05, 3.63) is 40.7 Å². The number of benzene rings is 1. The van der Waals surface area contributed by atoms with Gasteiger partial charge >= 0.3 is 12.0 Å². The summed E-state index contributed by atoms with van der Waals surface area (Å²) in [5, 5.41) is 14.6. The molecule has 11 heteroatoms. The van der Waals surface area contributed by atoms with E-state index in [4.69, 9.17) is 0 Å². The third kappa shape index (κ3) is 6.75. The molecule has 0 fully saturated rings. The molecule has 0 amide bonds. The first-order chi connectivity index (χ1) is 14.0. The number of aromatic nitrogens is 2. The molecule has 0 saturated heterocycles. The van der Waals surface area contributed by atoms with Crippen molar-refractivity contribution in [1.29, 1.82) is 0 Å². The van der Waals surface area contributed by atoms with Crippen LogP contribution >= 0.6 is 0 Å². The molecule has 1 aromatic carbocycles. The van der Waals surface area contributed by atoms with E-state index in [9.17, 15) is 23.3 Å². The fourth-order valence-electron chi connectivity index (χ4n) is 2.87. The van der Waals surface area contributed by atoms with E-state index >= 15 is 0 Å². The molecule has 0 unspecified atom stereocenters. The van der Waals surface area contributed by atoms with Crippen molar-refractivity contribution in [3.8, 4) is 5.75 Å². The smallest absolute Gasteiger partial charge is 0.406 e. The van der Waals surface area contributed by atoms with Crippen LogP contribution in [0, 0.1) is 22.0 Å². The minimum absolute atomic E-state index is 0.0491. The second kappa shape index (κ2) is 9.59. The zero-order valence-corrected chi connectivity index (χ0v) is 17.1. The van der Waals surface area contributed by atoms with Gasteiger partial charge in [0.1, 0.15) is 12.1 Å². The Labute approximate surface area is 172 Å². The predicted octanol–water partition coefficient (Wildman–Crippen LogP) is 5.15. The van der Waals surface area contributed by atoms with Crippen LogP contribution in [0.15, 0.2) is 30.6 Å². The standard InChI is InChI=1S/C19H24F3N5O3/c1-12(2)9-26(10-13(3)4)18-16(27(28)29)17(23-11-24-18)25-14-5-7-15(8-6-14)30-19(20,21)22/h5-8,11-13H,9-10H2,1-4H3,(H,23,24,25). The van der Waals surface area contributed by atoms with Crippen molar-refractivity contribution >= 4 is 23.0 Å². The van der Waals surface area contributed by atoms with Crippen LogP contribution in [-0.4, -0.2) is 34.3 Å². The third-order valence-corrected chi connectivity index (χ3v) is 3.81. The number of ether oxygens (including phenoxy) is 1. The summed E-state index contributed by atoms with van der Waals surface area (Å²) in [6.07, 6.45) is -3.58. The van der Waals surface area contributed by atoms with E-state index in [1.54, 1.807) is 0 Å². The molecule has 1 N–H and O–H groups in total. The van der Waals surface area contributed by atoms with Gasteiger partial charge in [-0.15, -0.1) is 13.2 Å². The van der Waals surface area contributed by atoms with Crippen LogP contribution in [0.1, 0.15) is 27.7 Å². The molecule has 0 aliphatic rings. The Kier molecular flexibility index (Phi) is 7.41. The minimum atomic E-state index is -4.80. The van der Waals surface area contributed by atoms with Crippen molar-refractivity contribution in [2.45, 2.75) is 34.1 Å². The van der Waals surface area contributed by atoms with Gasteiger partial charge in [-0.05, 0) is 36.1 Å². The van der Waals surface area contributed by atoms with E-state index in [1.165, 1.54) is 18.5 Å². The molecule has 1 heterocycles. The van der Waals surface area contributed by atoms with Crippen LogP contribution in [0.5, 0.6) is 5.75 Å². The molecular formula is C19H24F3N5O3. The lowest BCUT2D eigenvalue weighted by Crippen LogP contribution is -2.32. The molecule has 0 radical (unpaired) electrons. The number of nitrogens with zero attached hydrogens (tertiary/aromatic N) is 4. The summed E-state index contributed by atoms with van der Waals surface area (Å²) in [6.45, 7) is 9.15. The molecule has 0 atom stereocenters. The number of nitro groups is 1. The highest BCUT2D eigenvalue weighted by Crippen LogP contribution is 2.35. The van der Waals surface area contributed by atoms with Gasteiger partial charge in [-0.3, -0.25) is 10.1 Å². The Bertz CT molecular complexity index is 847. The monoisotopic (exact) mass is 427 g/mol. The molecule has 1 aromatic heterocycles. The third-order valence-electron chi connectivity index (χ3n) is 3.81. The molecule has 0 aliphatic heterocycles. The van der Waals surface area contributed by atoms with Crippen molar-refractivity contribution in [1.82, 2.24) is 9.97 Å². The second-order valence-electron chi connectivity index (χ2n) is 7.54. The van der Waals surface area contributed by atoms with Crippen molar-refractivity contribution < 1.29 is 22.8 Å². The first kappa shape index (κ1) is 23.2. The fraction of sp³-hybridized carbons (Fsp3) is 0.474. The van der Waals surface area contributed by atoms with Crippen LogP contribution in [0.3, 0.4) is 0 Å². The summed E-state index contributed by atoms with van der Waals surface area (Å²) >= 11 is 0. The number of anilines is 3. The van der Waals surface area contributed by atoms with Gasteiger partial charge in [-0.1, -0.05) is 27.7 Å². The highest BCUT2D eigenvalue weighted by molar-refractivity contribution is 5.74. The summed E-state index contributed by atoms with van der Waals surface area (Å²) in [7, 11) is 0. The van der Waals surface area contributed by atoms with E-state index in [2.05, 4.69) is 20.0 Å². The van der Waals surface area contributed by atoms with Crippen LogP contribution < -0.4 is 15.0 Å². The van der Waals surface area contributed by atoms with E-state index in [0.717, 1.165) is 12.1 Å². The quantitative estimate of drug-likeness (QED) is 0.437. The Morgan fingerprint density at radius 3 is 2.13 bits per heavy atom. The molecule has 30 heavy (non-hydrogen) atoms. The fourth-order valence-corrected chi connectivity index (χ4v) is 2.87. The zero-order chi connectivity index (χ0) is 22.5. The van der Waals surface area contributed by atoms with E-state index in [1.807, 2.05) is 32.6 Å². The Hall–Kier alpha value is -3.11. The van der Waals surface area contributed by atoms with Gasteiger partial charge in [0.15, 0.2) is 0 Å². The molecule has 0 spiro atoms. The maximum Gasteiger partial charge on any atom is 0.573 e. The lowest BCUT2D eigenvalue weighted by Gasteiger charge is -2.27. The number of hydrogen-bond donors (Lipinski definition) is 1. The lowest BCUT2D eigenvalue weighted by atomic mass is 10.1. The average molecular weight is 427 g/mol. The molecule has 0 bridgehead atoms. The number of halogens is 3. The van der Waals surface area contributed by atoms with Gasteiger partial charge in [0.2, 0.25) is 11.6 Å². The van der Waals surface area contributed by atoms with Crippen molar-refractivity contribution in [2.75, 3.05) is 23.3 Å². The van der Waals surface area contributed by atoms with Gasteiger partial charge in [0, 0.05) is 18.8 Å². The SMILES string of the molecule is CC(C)CN(CC(C)C)c1ncnc(Nc2ccc(OC(F)(F)F)cc2)c1[N+](=O)[O-]. The average Bonchev–Trinajstić information content (AvgIpc) is 2.60. The normalized spacial score (nSPS) is 11.6.